The third kappa shape index (κ3) is 11.0. The number of hydrogen-bond acceptors (Lipinski definition) is 6. The Morgan fingerprint density at radius 2 is 1.67 bits per heavy atom. The van der Waals surface area contributed by atoms with Gasteiger partial charge in [0, 0.05) is 13.2 Å². The molecule has 0 saturated carbocycles. The molecule has 9 heteroatoms. The van der Waals surface area contributed by atoms with Gasteiger partial charge in [-0.15, -0.1) is 0 Å². The molecule has 0 aliphatic rings. The Morgan fingerprint density at radius 1 is 1.08 bits per heavy atom. The zero-order chi connectivity index (χ0) is 18.4. The first-order chi connectivity index (χ1) is 11.4. The molecule has 0 radical (unpaired) electrons. The van der Waals surface area contributed by atoms with Crippen molar-refractivity contribution in [2.45, 2.75) is 13.0 Å². The van der Waals surface area contributed by atoms with E-state index in [4.69, 9.17) is 29.6 Å². The van der Waals surface area contributed by atoms with Crippen LogP contribution in [0.3, 0.4) is 0 Å². The Balaban J connectivity index is 0.000000754. The number of benzene rings is 1. The van der Waals surface area contributed by atoms with Gasteiger partial charge in [-0.25, -0.2) is 9.59 Å². The molecule has 0 aliphatic heterocycles. The second kappa shape index (κ2) is 12.9. The van der Waals surface area contributed by atoms with Crippen molar-refractivity contribution in [1.82, 2.24) is 10.6 Å². The van der Waals surface area contributed by atoms with E-state index in [1.54, 1.807) is 7.11 Å². The number of carboxylic acid groups (broad SMARTS) is 2. The van der Waals surface area contributed by atoms with E-state index in [0.717, 1.165) is 11.3 Å². The van der Waals surface area contributed by atoms with Gasteiger partial charge in [-0.05, 0) is 30.7 Å². The second-order valence-corrected chi connectivity index (χ2v) is 4.49. The van der Waals surface area contributed by atoms with Gasteiger partial charge >= 0.3 is 11.9 Å². The number of hydrogen-bond donors (Lipinski definition) is 5. The van der Waals surface area contributed by atoms with Crippen LogP contribution in [-0.2, 0) is 20.9 Å². The summed E-state index contributed by atoms with van der Waals surface area (Å²) in [6, 6.07) is 7.55. The molecule has 0 unspecified atom stereocenters. The van der Waals surface area contributed by atoms with Gasteiger partial charge in [-0.3, -0.25) is 4.79 Å². The van der Waals surface area contributed by atoms with Crippen LogP contribution < -0.4 is 15.4 Å². The molecule has 0 saturated heterocycles. The number of carboxylic acids is 2. The monoisotopic (exact) mass is 342 g/mol. The number of carbonyl (C=O) groups excluding carboxylic acids is 1. The lowest BCUT2D eigenvalue weighted by Gasteiger charge is -2.07. The second-order valence-electron chi connectivity index (χ2n) is 4.49. The van der Waals surface area contributed by atoms with Gasteiger partial charge in [0.1, 0.15) is 5.75 Å². The summed E-state index contributed by atoms with van der Waals surface area (Å²) in [5, 5.41) is 29.1. The fourth-order valence-corrected chi connectivity index (χ4v) is 1.41. The highest BCUT2D eigenvalue weighted by atomic mass is 16.5. The molecule has 1 amide bonds. The molecule has 5 N–H and O–H groups in total. The Bertz CT molecular complexity index is 505. The van der Waals surface area contributed by atoms with Gasteiger partial charge in [0.15, 0.2) is 0 Å². The van der Waals surface area contributed by atoms with E-state index in [1.165, 1.54) is 0 Å². The van der Waals surface area contributed by atoms with Gasteiger partial charge in [-0.2, -0.15) is 0 Å². The van der Waals surface area contributed by atoms with Gasteiger partial charge in [0.25, 0.3) is 0 Å². The lowest BCUT2D eigenvalue weighted by molar-refractivity contribution is -0.159. The smallest absolute Gasteiger partial charge is 0.414 e. The SMILES string of the molecule is COc1ccc(CNC(=O)CNCCCO)cc1.O=C(O)C(=O)O. The first-order valence-electron chi connectivity index (χ1n) is 7.08. The first-order valence-corrected chi connectivity index (χ1v) is 7.08. The van der Waals surface area contributed by atoms with Gasteiger partial charge < -0.3 is 30.7 Å². The quantitative estimate of drug-likeness (QED) is 0.312. The van der Waals surface area contributed by atoms with Crippen molar-refractivity contribution < 1.29 is 34.4 Å². The highest BCUT2D eigenvalue weighted by Crippen LogP contribution is 2.10. The lowest BCUT2D eigenvalue weighted by atomic mass is 10.2. The highest BCUT2D eigenvalue weighted by molar-refractivity contribution is 6.27. The summed E-state index contributed by atoms with van der Waals surface area (Å²) in [6.07, 6.45) is 0.658. The molecule has 1 aromatic carbocycles. The fourth-order valence-electron chi connectivity index (χ4n) is 1.41. The van der Waals surface area contributed by atoms with Crippen molar-refractivity contribution in [3.8, 4) is 5.75 Å². The Morgan fingerprint density at radius 3 is 2.12 bits per heavy atom. The maximum atomic E-state index is 11.4. The van der Waals surface area contributed by atoms with Crippen LogP contribution in [0, 0.1) is 0 Å². The number of nitrogens with one attached hydrogen (secondary N) is 2. The third-order valence-corrected chi connectivity index (χ3v) is 2.63. The van der Waals surface area contributed by atoms with E-state index in [1.807, 2.05) is 24.3 Å². The van der Waals surface area contributed by atoms with Crippen LogP contribution in [0.1, 0.15) is 12.0 Å². The van der Waals surface area contributed by atoms with Gasteiger partial charge in [0.2, 0.25) is 5.91 Å². The summed E-state index contributed by atoms with van der Waals surface area (Å²) in [5.74, 6) is -2.90. The van der Waals surface area contributed by atoms with E-state index < -0.39 is 11.9 Å². The summed E-state index contributed by atoms with van der Waals surface area (Å²) < 4.78 is 5.05. The molecule has 0 fully saturated rings. The van der Waals surface area contributed by atoms with Gasteiger partial charge in [0.05, 0.1) is 13.7 Å². The molecule has 0 aliphatic carbocycles. The molecule has 0 spiro atoms. The molecule has 24 heavy (non-hydrogen) atoms. The molecule has 1 aromatic rings. The lowest BCUT2D eigenvalue weighted by Crippen LogP contribution is -2.34. The average Bonchev–Trinajstić information content (AvgIpc) is 2.58. The van der Waals surface area contributed by atoms with Crippen LogP contribution in [-0.4, -0.2) is 60.0 Å². The minimum Gasteiger partial charge on any atom is -0.497 e. The summed E-state index contributed by atoms with van der Waals surface area (Å²) in [4.78, 5) is 29.6. The molecule has 0 atom stereocenters. The number of rotatable bonds is 8. The molecular weight excluding hydrogens is 320 g/mol. The minimum absolute atomic E-state index is 0.0521. The number of aliphatic carboxylic acids is 2. The Kier molecular flexibility index (Phi) is 11.4. The van der Waals surface area contributed by atoms with Crippen LogP contribution in [0.25, 0.3) is 0 Å². The molecule has 0 aromatic heterocycles. The number of carbonyl (C=O) groups is 3. The highest BCUT2D eigenvalue weighted by Gasteiger charge is 2.04. The van der Waals surface area contributed by atoms with E-state index >= 15 is 0 Å². The number of amides is 1. The van der Waals surface area contributed by atoms with E-state index in [-0.39, 0.29) is 19.1 Å². The maximum Gasteiger partial charge on any atom is 0.414 e. The van der Waals surface area contributed by atoms with E-state index in [0.29, 0.717) is 19.5 Å². The summed E-state index contributed by atoms with van der Waals surface area (Å²) >= 11 is 0. The number of methoxy groups -OCH3 is 1. The van der Waals surface area contributed by atoms with Crippen molar-refractivity contribution >= 4 is 17.8 Å². The van der Waals surface area contributed by atoms with Crippen LogP contribution in [0.2, 0.25) is 0 Å². The molecular formula is C15H22N2O7. The predicted molar refractivity (Wildman–Crippen MR) is 84.7 cm³/mol. The fraction of sp³-hybridized carbons (Fsp3) is 0.400. The normalized spacial score (nSPS) is 9.42. The molecule has 1 rings (SSSR count). The zero-order valence-corrected chi connectivity index (χ0v) is 13.3. The van der Waals surface area contributed by atoms with Crippen molar-refractivity contribution in [1.29, 1.82) is 0 Å². The molecule has 0 heterocycles. The zero-order valence-electron chi connectivity index (χ0n) is 13.3. The maximum absolute atomic E-state index is 11.4. The van der Waals surface area contributed by atoms with E-state index in [9.17, 15) is 4.79 Å². The summed E-state index contributed by atoms with van der Waals surface area (Å²) in [7, 11) is 1.62. The number of ether oxygens (including phenoxy) is 1. The third-order valence-electron chi connectivity index (χ3n) is 2.63. The number of aliphatic hydroxyl groups excluding tert-OH is 1. The predicted octanol–water partition coefficient (Wildman–Crippen LogP) is -0.561. The standard InChI is InChI=1S/C13H20N2O3.C2H2O4/c1-18-12-5-3-11(4-6-12)9-15-13(17)10-14-7-2-8-16;3-1(4)2(5)6/h3-6,14,16H,2,7-10H2,1H3,(H,15,17);(H,3,4)(H,5,6). The summed E-state index contributed by atoms with van der Waals surface area (Å²) in [6.45, 7) is 1.56. The Hall–Kier alpha value is -2.65. The van der Waals surface area contributed by atoms with E-state index in [2.05, 4.69) is 10.6 Å². The molecule has 134 valence electrons. The molecule has 0 bridgehead atoms. The van der Waals surface area contributed by atoms with Crippen molar-refractivity contribution in [2.24, 2.45) is 0 Å². The van der Waals surface area contributed by atoms with Crippen molar-refractivity contribution in [2.75, 3.05) is 26.8 Å². The largest absolute Gasteiger partial charge is 0.497 e. The summed E-state index contributed by atoms with van der Waals surface area (Å²) in [5.41, 5.74) is 1.03. The van der Waals surface area contributed by atoms with Crippen LogP contribution in [0.15, 0.2) is 24.3 Å². The van der Waals surface area contributed by atoms with Crippen LogP contribution >= 0.6 is 0 Å². The van der Waals surface area contributed by atoms with Crippen molar-refractivity contribution in [3.05, 3.63) is 29.8 Å². The first kappa shape index (κ1) is 21.3. The van der Waals surface area contributed by atoms with Crippen molar-refractivity contribution in [3.63, 3.8) is 0 Å². The van der Waals surface area contributed by atoms with Crippen LogP contribution in [0.4, 0.5) is 0 Å². The Labute approximate surface area is 139 Å². The molecule has 9 nitrogen and oxygen atoms in total. The minimum atomic E-state index is -1.82. The van der Waals surface area contributed by atoms with Gasteiger partial charge in [-0.1, -0.05) is 12.1 Å². The number of aliphatic hydroxyl groups is 1. The average molecular weight is 342 g/mol. The van der Waals surface area contributed by atoms with Crippen LogP contribution in [0.5, 0.6) is 5.75 Å². The topological polar surface area (TPSA) is 145 Å².